The quantitative estimate of drug-likeness (QED) is 0.0323. The maximum atomic E-state index is 13.2. The Bertz CT molecular complexity index is 1060. The van der Waals surface area contributed by atoms with Gasteiger partial charge in [0.05, 0.1) is 25.2 Å². The van der Waals surface area contributed by atoms with Gasteiger partial charge in [-0.15, -0.1) is 0 Å². The first-order valence-electron chi connectivity index (χ1n) is 25.1. The van der Waals surface area contributed by atoms with Crippen LogP contribution < -0.4 is 5.32 Å². The Morgan fingerprint density at radius 3 is 1.44 bits per heavy atom. The molecule has 0 saturated carbocycles. The number of amides is 1. The molecule has 0 aliphatic heterocycles. The number of hydrogen-bond acceptors (Lipinski definition) is 5. The summed E-state index contributed by atoms with van der Waals surface area (Å²) in [6.45, 7) is 6.30. The van der Waals surface area contributed by atoms with Crippen LogP contribution in [0.2, 0.25) is 0 Å². The van der Waals surface area contributed by atoms with Crippen LogP contribution in [0.4, 0.5) is 0 Å². The molecule has 0 rings (SSSR count). The minimum Gasteiger partial charge on any atom is -0.462 e. The van der Waals surface area contributed by atoms with Crippen LogP contribution in [-0.4, -0.2) is 46.9 Å². The topological polar surface area (TPSA) is 95.9 Å². The number of aliphatic hydroxyl groups excluding tert-OH is 2. The van der Waals surface area contributed by atoms with Crippen molar-refractivity contribution in [1.82, 2.24) is 5.32 Å². The number of rotatable bonds is 44. The van der Waals surface area contributed by atoms with Crippen molar-refractivity contribution in [3.63, 3.8) is 0 Å². The summed E-state index contributed by atoms with van der Waals surface area (Å²) in [5.41, 5.74) is 0. The van der Waals surface area contributed by atoms with Gasteiger partial charge in [0.15, 0.2) is 0 Å². The predicted molar refractivity (Wildman–Crippen MR) is 255 cm³/mol. The standard InChI is InChI=1S/C53H95NO5/c1-4-7-10-13-16-19-22-24-26-28-31-34-37-40-43-46-53(58)59-49(44-41-38-35-32-29-21-18-15-12-9-6-3)47-52(57)54-50(48-55)51(56)45-42-39-36-33-30-27-25-23-20-17-14-11-8-5-2/h9,12,15-16,18-19,21-22,24,29,49-51,55-56H,4-8,10-11,13-14,17,20,23,25-28,30-48H2,1-3H3,(H,54,57)/b12-9+,18-15+,19-16+,24-22+,29-21-. The largest absolute Gasteiger partial charge is 0.462 e. The second-order valence-corrected chi connectivity index (χ2v) is 16.9. The Morgan fingerprint density at radius 1 is 0.508 bits per heavy atom. The third-order valence-corrected chi connectivity index (χ3v) is 11.2. The molecule has 0 aromatic rings. The van der Waals surface area contributed by atoms with Gasteiger partial charge >= 0.3 is 5.97 Å². The van der Waals surface area contributed by atoms with Gasteiger partial charge in [-0.1, -0.05) is 216 Å². The summed E-state index contributed by atoms with van der Waals surface area (Å²) in [7, 11) is 0. The maximum absolute atomic E-state index is 13.2. The van der Waals surface area contributed by atoms with Crippen LogP contribution in [-0.2, 0) is 14.3 Å². The minimum absolute atomic E-state index is 0.0485. The number of carbonyl (C=O) groups is 2. The molecule has 3 unspecified atom stereocenters. The summed E-state index contributed by atoms with van der Waals surface area (Å²) in [6.07, 6.45) is 57.1. The van der Waals surface area contributed by atoms with Gasteiger partial charge in [0.1, 0.15) is 6.10 Å². The summed E-state index contributed by atoms with van der Waals surface area (Å²) in [6, 6.07) is -0.715. The van der Waals surface area contributed by atoms with Crippen molar-refractivity contribution in [2.45, 2.75) is 257 Å². The van der Waals surface area contributed by atoms with E-state index >= 15 is 0 Å². The molecule has 0 aromatic heterocycles. The van der Waals surface area contributed by atoms with Crippen molar-refractivity contribution in [2.24, 2.45) is 0 Å². The van der Waals surface area contributed by atoms with E-state index in [-0.39, 0.29) is 24.9 Å². The normalized spacial score (nSPS) is 13.8. The zero-order valence-electron chi connectivity index (χ0n) is 38.9. The lowest BCUT2D eigenvalue weighted by atomic mass is 10.0. The van der Waals surface area contributed by atoms with Crippen molar-refractivity contribution in [3.05, 3.63) is 60.8 Å². The molecule has 0 spiro atoms. The highest BCUT2D eigenvalue weighted by molar-refractivity contribution is 5.77. The van der Waals surface area contributed by atoms with Gasteiger partial charge in [-0.3, -0.25) is 9.59 Å². The summed E-state index contributed by atoms with van der Waals surface area (Å²) in [4.78, 5) is 26.1. The molecule has 0 aromatic carbocycles. The molecule has 0 fully saturated rings. The predicted octanol–water partition coefficient (Wildman–Crippen LogP) is 14.8. The number of allylic oxidation sites excluding steroid dienone is 10. The molecular weight excluding hydrogens is 731 g/mol. The monoisotopic (exact) mass is 826 g/mol. The number of aliphatic hydroxyl groups is 2. The van der Waals surface area contributed by atoms with Gasteiger partial charge < -0.3 is 20.3 Å². The Balaban J connectivity index is 4.58. The second kappa shape index (κ2) is 46.6. The van der Waals surface area contributed by atoms with Crippen molar-refractivity contribution in [1.29, 1.82) is 0 Å². The number of esters is 1. The Kier molecular flexibility index (Phi) is 44.7. The molecule has 0 radical (unpaired) electrons. The highest BCUT2D eigenvalue weighted by atomic mass is 16.5. The summed E-state index contributed by atoms with van der Waals surface area (Å²) < 4.78 is 5.90. The Hall–Kier alpha value is -2.44. The number of nitrogens with one attached hydrogen (secondary N) is 1. The third kappa shape index (κ3) is 42.1. The third-order valence-electron chi connectivity index (χ3n) is 11.2. The molecule has 6 heteroatoms. The fourth-order valence-corrected chi connectivity index (χ4v) is 7.36. The van der Waals surface area contributed by atoms with E-state index in [1.54, 1.807) is 0 Å². The van der Waals surface area contributed by atoms with E-state index < -0.39 is 18.2 Å². The van der Waals surface area contributed by atoms with Gasteiger partial charge in [-0.25, -0.2) is 0 Å². The van der Waals surface area contributed by atoms with E-state index in [1.807, 2.05) is 12.2 Å². The van der Waals surface area contributed by atoms with E-state index in [4.69, 9.17) is 4.74 Å². The zero-order chi connectivity index (χ0) is 43.1. The molecule has 0 saturated heterocycles. The number of hydrogen-bond donors (Lipinski definition) is 3. The highest BCUT2D eigenvalue weighted by Gasteiger charge is 2.24. The van der Waals surface area contributed by atoms with E-state index in [1.165, 1.54) is 116 Å². The number of carbonyl (C=O) groups excluding carboxylic acids is 2. The lowest BCUT2D eigenvalue weighted by Gasteiger charge is -2.24. The van der Waals surface area contributed by atoms with Gasteiger partial charge in [0.25, 0.3) is 0 Å². The first-order chi connectivity index (χ1) is 29.0. The molecule has 0 aliphatic rings. The van der Waals surface area contributed by atoms with Crippen molar-refractivity contribution < 1.29 is 24.5 Å². The molecule has 59 heavy (non-hydrogen) atoms. The average molecular weight is 826 g/mol. The molecule has 3 atom stereocenters. The Morgan fingerprint density at radius 2 is 0.915 bits per heavy atom. The van der Waals surface area contributed by atoms with Crippen molar-refractivity contribution >= 4 is 11.9 Å². The molecule has 0 aliphatic carbocycles. The smallest absolute Gasteiger partial charge is 0.306 e. The fraction of sp³-hybridized carbons (Fsp3) is 0.774. The lowest BCUT2D eigenvalue weighted by molar-refractivity contribution is -0.151. The molecule has 6 nitrogen and oxygen atoms in total. The Labute approximate surface area is 365 Å². The first-order valence-corrected chi connectivity index (χ1v) is 25.1. The number of unbranched alkanes of at least 4 members (excludes halogenated alkanes) is 25. The van der Waals surface area contributed by atoms with Crippen LogP contribution >= 0.6 is 0 Å². The molecular formula is C53H95NO5. The van der Waals surface area contributed by atoms with Crippen molar-refractivity contribution in [3.8, 4) is 0 Å². The van der Waals surface area contributed by atoms with Gasteiger partial charge in [0, 0.05) is 6.42 Å². The lowest BCUT2D eigenvalue weighted by Crippen LogP contribution is -2.46. The fourth-order valence-electron chi connectivity index (χ4n) is 7.36. The molecule has 0 bridgehead atoms. The van der Waals surface area contributed by atoms with Crippen LogP contribution in [0.5, 0.6) is 0 Å². The van der Waals surface area contributed by atoms with E-state index in [9.17, 15) is 19.8 Å². The average Bonchev–Trinajstić information content (AvgIpc) is 3.23. The molecule has 1 amide bonds. The van der Waals surface area contributed by atoms with Crippen LogP contribution in [0, 0.1) is 0 Å². The van der Waals surface area contributed by atoms with E-state index in [0.29, 0.717) is 19.3 Å². The first kappa shape index (κ1) is 56.6. The zero-order valence-corrected chi connectivity index (χ0v) is 38.9. The molecule has 0 heterocycles. The van der Waals surface area contributed by atoms with Gasteiger partial charge in [-0.05, 0) is 70.6 Å². The van der Waals surface area contributed by atoms with Gasteiger partial charge in [-0.2, -0.15) is 0 Å². The van der Waals surface area contributed by atoms with Crippen LogP contribution in [0.25, 0.3) is 0 Å². The molecule has 342 valence electrons. The summed E-state index contributed by atoms with van der Waals surface area (Å²) >= 11 is 0. The molecule has 3 N–H and O–H groups in total. The van der Waals surface area contributed by atoms with E-state index in [0.717, 1.165) is 77.0 Å². The SMILES string of the molecule is CC/C=C/C=C/C=C\CCCCCC(CC(=O)NC(CO)C(O)CCCCCCCCCCCCCCCC)OC(=O)CCCCCCCC/C=C/C=C/CCCCC. The van der Waals surface area contributed by atoms with Gasteiger partial charge in [0.2, 0.25) is 5.91 Å². The second-order valence-electron chi connectivity index (χ2n) is 16.9. The maximum Gasteiger partial charge on any atom is 0.306 e. The van der Waals surface area contributed by atoms with Crippen molar-refractivity contribution in [2.75, 3.05) is 6.61 Å². The number of ether oxygens (including phenoxy) is 1. The summed E-state index contributed by atoms with van der Waals surface area (Å²) in [5.74, 6) is -0.523. The summed E-state index contributed by atoms with van der Waals surface area (Å²) in [5, 5.41) is 23.7. The van der Waals surface area contributed by atoms with Crippen LogP contribution in [0.15, 0.2) is 60.8 Å². The van der Waals surface area contributed by atoms with E-state index in [2.05, 4.69) is 74.7 Å². The van der Waals surface area contributed by atoms with Crippen LogP contribution in [0.3, 0.4) is 0 Å². The van der Waals surface area contributed by atoms with Crippen LogP contribution in [0.1, 0.15) is 239 Å². The highest BCUT2D eigenvalue weighted by Crippen LogP contribution is 2.17. The minimum atomic E-state index is -0.799.